The maximum absolute atomic E-state index is 14.2. The van der Waals surface area contributed by atoms with Crippen molar-refractivity contribution in [2.24, 2.45) is 0 Å². The molecule has 0 radical (unpaired) electrons. The van der Waals surface area contributed by atoms with Crippen LogP contribution in [0.15, 0.2) is 182 Å². The summed E-state index contributed by atoms with van der Waals surface area (Å²) in [6.07, 6.45) is 0. The van der Waals surface area contributed by atoms with Gasteiger partial charge in [-0.05, 0) is 214 Å². The van der Waals surface area contributed by atoms with E-state index in [0.29, 0.717) is 34.5 Å². The third-order valence-corrected chi connectivity index (χ3v) is 13.3. The number of benzene rings is 10. The van der Waals surface area contributed by atoms with Crippen LogP contribution in [-0.4, -0.2) is 78.5 Å². The topological polar surface area (TPSA) is 213 Å². The van der Waals surface area contributed by atoms with Crippen LogP contribution in [-0.2, 0) is 0 Å². The van der Waals surface area contributed by atoms with Gasteiger partial charge in [-0.2, -0.15) is 0 Å². The van der Waals surface area contributed by atoms with Gasteiger partial charge in [-0.1, -0.05) is 0 Å². The number of esters is 6. The molecule has 10 rings (SSSR count). The van der Waals surface area contributed by atoms with Gasteiger partial charge in [0.05, 0.1) is 76.0 Å². The molecule has 0 aliphatic carbocycles. The van der Waals surface area contributed by atoms with Crippen LogP contribution in [0, 0.1) is 0 Å². The molecule has 10 aromatic carbocycles. The van der Waals surface area contributed by atoms with E-state index >= 15 is 0 Å². The van der Waals surface area contributed by atoms with Crippen LogP contribution >= 0.6 is 0 Å². The van der Waals surface area contributed by atoms with Crippen LogP contribution in [0.1, 0.15) is 62.1 Å². The molecule has 0 aromatic heterocycles. The van der Waals surface area contributed by atoms with E-state index in [2.05, 4.69) is 0 Å². The molecule has 0 fully saturated rings. The van der Waals surface area contributed by atoms with Gasteiger partial charge in [-0.25, -0.2) is 28.8 Å². The smallest absolute Gasteiger partial charge is 0.343 e. The Kier molecular flexibility index (Phi) is 16.3. The number of carbonyl (C=O) groups is 6. The Hall–Kier alpha value is -11.4. The monoisotopic (exact) mass is 1130 g/mol. The molecule has 420 valence electrons. The van der Waals surface area contributed by atoms with Gasteiger partial charge in [0.2, 0.25) is 0 Å². The van der Waals surface area contributed by atoms with E-state index < -0.39 is 35.8 Å². The third kappa shape index (κ3) is 12.0. The predicted octanol–water partition coefficient (Wildman–Crippen LogP) is 12.5. The lowest BCUT2D eigenvalue weighted by Crippen LogP contribution is -2.13. The lowest BCUT2D eigenvalue weighted by molar-refractivity contribution is 0.0682. The van der Waals surface area contributed by atoms with Gasteiger partial charge in [-0.3, -0.25) is 0 Å². The lowest BCUT2D eigenvalue weighted by atomic mass is 9.93. The van der Waals surface area contributed by atoms with E-state index in [9.17, 15) is 28.8 Å². The van der Waals surface area contributed by atoms with Crippen LogP contribution in [0.2, 0.25) is 0 Å². The van der Waals surface area contributed by atoms with E-state index in [1.165, 1.54) is 152 Å². The standard InChI is InChI=1S/C66H48O18/c1-73-43-19-7-37(8-20-43)61(67)79-55-31-49-50(32-56(55)80-62(68)38-9-21-44(74-2)22-10-38)52-34-58(82-64(70)40-13-25-46(76-4)26-14-40)60(84-66(72)42-17-29-48(78-6)30-18-42)36-54(52)53-35-59(83-65(71)41-15-27-47(77-5)28-16-41)57(33-51(49)53)81-63(69)39-11-23-45(75-3)24-12-39/h7-36H,1-6H3. The van der Waals surface area contributed by atoms with Crippen molar-refractivity contribution in [1.29, 1.82) is 0 Å². The second-order valence-electron chi connectivity index (χ2n) is 18.2. The van der Waals surface area contributed by atoms with Crippen LogP contribution in [0.5, 0.6) is 69.0 Å². The van der Waals surface area contributed by atoms with Crippen molar-refractivity contribution in [3.63, 3.8) is 0 Å². The zero-order chi connectivity index (χ0) is 59.0. The van der Waals surface area contributed by atoms with E-state index in [4.69, 9.17) is 56.8 Å². The Bertz CT molecular complexity index is 3430. The quantitative estimate of drug-likeness (QED) is 0.0444. The zero-order valence-corrected chi connectivity index (χ0v) is 45.7. The maximum Gasteiger partial charge on any atom is 0.343 e. The van der Waals surface area contributed by atoms with Crippen molar-refractivity contribution in [1.82, 2.24) is 0 Å². The first-order valence-corrected chi connectivity index (χ1v) is 25.5. The summed E-state index contributed by atoms with van der Waals surface area (Å²) in [4.78, 5) is 85.0. The molecule has 0 unspecified atom stereocenters. The van der Waals surface area contributed by atoms with Crippen LogP contribution < -0.4 is 56.8 Å². The van der Waals surface area contributed by atoms with Crippen LogP contribution in [0.4, 0.5) is 0 Å². The molecule has 0 N–H and O–H groups in total. The highest BCUT2D eigenvalue weighted by Gasteiger charge is 2.27. The minimum Gasteiger partial charge on any atom is -0.497 e. The highest BCUT2D eigenvalue weighted by molar-refractivity contribution is 6.27. The fourth-order valence-electron chi connectivity index (χ4n) is 8.81. The Balaban J connectivity index is 1.25. The summed E-state index contributed by atoms with van der Waals surface area (Å²) in [6, 6.07) is 45.3. The van der Waals surface area contributed by atoms with Gasteiger partial charge < -0.3 is 56.8 Å². The van der Waals surface area contributed by atoms with E-state index in [-0.39, 0.29) is 100 Å². The predicted molar refractivity (Wildman–Crippen MR) is 307 cm³/mol. The summed E-state index contributed by atoms with van der Waals surface area (Å²) < 4.78 is 68.6. The first-order chi connectivity index (χ1) is 40.8. The summed E-state index contributed by atoms with van der Waals surface area (Å²) in [7, 11) is 8.85. The number of rotatable bonds is 18. The Morgan fingerprint density at radius 3 is 0.429 bits per heavy atom. The second kappa shape index (κ2) is 24.5. The van der Waals surface area contributed by atoms with Crippen molar-refractivity contribution in [2.75, 3.05) is 42.7 Å². The van der Waals surface area contributed by atoms with E-state index in [1.807, 2.05) is 0 Å². The number of hydrogen-bond donors (Lipinski definition) is 0. The molecule has 18 nitrogen and oxygen atoms in total. The van der Waals surface area contributed by atoms with Crippen molar-refractivity contribution >= 4 is 68.1 Å². The fourth-order valence-corrected chi connectivity index (χ4v) is 8.81. The van der Waals surface area contributed by atoms with Crippen molar-refractivity contribution in [2.45, 2.75) is 0 Å². The molecule has 0 aliphatic rings. The Morgan fingerprint density at radius 2 is 0.321 bits per heavy atom. The molecule has 0 amide bonds. The van der Waals surface area contributed by atoms with Gasteiger partial charge in [0.15, 0.2) is 34.5 Å². The van der Waals surface area contributed by atoms with Crippen molar-refractivity contribution in [3.05, 3.63) is 215 Å². The van der Waals surface area contributed by atoms with Gasteiger partial charge in [0.25, 0.3) is 0 Å². The highest BCUT2D eigenvalue weighted by atomic mass is 16.6. The van der Waals surface area contributed by atoms with Gasteiger partial charge >= 0.3 is 35.8 Å². The van der Waals surface area contributed by atoms with Crippen LogP contribution in [0.3, 0.4) is 0 Å². The van der Waals surface area contributed by atoms with Gasteiger partial charge in [0, 0.05) is 0 Å². The molecule has 0 saturated heterocycles. The summed E-state index contributed by atoms with van der Waals surface area (Å²) in [5.74, 6) is -3.89. The number of fused-ring (bicyclic) bond motifs is 6. The summed E-state index contributed by atoms with van der Waals surface area (Å²) in [5, 5.41) is 1.52. The van der Waals surface area contributed by atoms with Gasteiger partial charge in [-0.15, -0.1) is 0 Å². The minimum atomic E-state index is -0.860. The first-order valence-electron chi connectivity index (χ1n) is 25.5. The average molecular weight is 1130 g/mol. The largest absolute Gasteiger partial charge is 0.497 e. The fraction of sp³-hybridized carbons (Fsp3) is 0.0909. The Labute approximate surface area is 479 Å². The molecular weight excluding hydrogens is 1080 g/mol. The highest BCUT2D eigenvalue weighted by Crippen LogP contribution is 2.48. The zero-order valence-electron chi connectivity index (χ0n) is 45.7. The minimum absolute atomic E-state index is 0.0998. The summed E-state index contributed by atoms with van der Waals surface area (Å²) in [6.45, 7) is 0. The lowest BCUT2D eigenvalue weighted by Gasteiger charge is -2.19. The average Bonchev–Trinajstić information content (AvgIpc) is 0.950. The van der Waals surface area contributed by atoms with Crippen molar-refractivity contribution in [3.8, 4) is 69.0 Å². The molecule has 0 spiro atoms. The molecule has 0 saturated carbocycles. The molecule has 10 aromatic rings. The van der Waals surface area contributed by atoms with E-state index in [1.54, 1.807) is 72.8 Å². The molecule has 18 heteroatoms. The van der Waals surface area contributed by atoms with E-state index in [0.717, 1.165) is 0 Å². The molecule has 84 heavy (non-hydrogen) atoms. The number of ether oxygens (including phenoxy) is 12. The molecule has 0 aliphatic heterocycles. The van der Waals surface area contributed by atoms with Crippen molar-refractivity contribution < 1.29 is 85.6 Å². The third-order valence-electron chi connectivity index (χ3n) is 13.3. The Morgan fingerprint density at radius 1 is 0.202 bits per heavy atom. The first kappa shape index (κ1) is 55.9. The second-order valence-corrected chi connectivity index (χ2v) is 18.2. The molecular formula is C66H48O18. The SMILES string of the molecule is COc1ccc(C(=O)Oc2cc3c4cc(OC(=O)c5ccc(OC)cc5)c(OC(=O)c5ccc(OC)cc5)cc4c4cc(OC(=O)c5ccc(OC)cc5)c(OC(=O)c5ccc(OC)cc5)cc4c3cc2OC(=O)c2ccc(OC)cc2)cc1. The summed E-state index contributed by atoms with van der Waals surface area (Å²) in [5.41, 5.74) is 0.599. The number of hydrogen-bond acceptors (Lipinski definition) is 18. The molecule has 0 heterocycles. The summed E-state index contributed by atoms with van der Waals surface area (Å²) >= 11 is 0. The molecule has 0 atom stereocenters. The molecule has 0 bridgehead atoms. The normalized spacial score (nSPS) is 10.8. The van der Waals surface area contributed by atoms with Crippen LogP contribution in [0.25, 0.3) is 32.3 Å². The van der Waals surface area contributed by atoms with Gasteiger partial charge in [0.1, 0.15) is 34.5 Å². The number of carbonyl (C=O) groups excluding carboxylic acids is 6. The maximum atomic E-state index is 14.2. The number of methoxy groups -OCH3 is 6.